The fourth-order valence-electron chi connectivity index (χ4n) is 7.44. The number of benzene rings is 6. The minimum atomic E-state index is 0.0720. The number of anilines is 6. The minimum Gasteiger partial charge on any atom is -0.312 e. The molecular weight excluding hydrogens is 517 g/mol. The Morgan fingerprint density at radius 2 is 0.951 bits per heavy atom. The first-order chi connectivity index (χ1) is 20.3. The Labute approximate surface area is 245 Å². The van der Waals surface area contributed by atoms with Gasteiger partial charge in [0.2, 0.25) is 6.71 Å². The van der Waals surface area contributed by atoms with Gasteiger partial charge in [0, 0.05) is 39.1 Å². The van der Waals surface area contributed by atoms with Crippen LogP contribution in [0.5, 0.6) is 0 Å². The molecule has 3 heterocycles. The number of fused-ring (bicyclic) bond motifs is 6. The van der Waals surface area contributed by atoms with Crippen molar-refractivity contribution in [1.29, 1.82) is 0 Å². The quantitative estimate of drug-likeness (QED) is 0.276. The van der Waals surface area contributed by atoms with Crippen LogP contribution in [0.3, 0.4) is 0 Å². The minimum absolute atomic E-state index is 0.0720. The second-order valence-electron chi connectivity index (χ2n) is 11.0. The summed E-state index contributed by atoms with van der Waals surface area (Å²) >= 11 is 7.04. The number of halogens is 1. The summed E-state index contributed by atoms with van der Waals surface area (Å²) in [5, 5.41) is 0.780. The number of para-hydroxylation sites is 3. The highest BCUT2D eigenvalue weighted by atomic mass is 35.5. The summed E-state index contributed by atoms with van der Waals surface area (Å²) in [5.74, 6) is 0. The molecule has 0 atom stereocenters. The van der Waals surface area contributed by atoms with Crippen LogP contribution < -0.4 is 42.6 Å². The van der Waals surface area contributed by atoms with E-state index in [-0.39, 0.29) is 13.4 Å². The smallest absolute Gasteiger partial charge is 0.252 e. The van der Waals surface area contributed by atoms with E-state index in [1.165, 1.54) is 61.2 Å². The van der Waals surface area contributed by atoms with Crippen LogP contribution in [0.1, 0.15) is 0 Å². The summed E-state index contributed by atoms with van der Waals surface area (Å²) < 4.78 is 0. The van der Waals surface area contributed by atoms with Crippen LogP contribution in [0.25, 0.3) is 0 Å². The molecule has 0 saturated carbocycles. The molecule has 3 aliphatic heterocycles. The molecule has 0 fully saturated rings. The second kappa shape index (κ2) is 8.67. The lowest BCUT2D eigenvalue weighted by Crippen LogP contribution is -2.66. The molecular formula is C36H23B2ClN2. The van der Waals surface area contributed by atoms with Gasteiger partial charge >= 0.3 is 0 Å². The molecule has 0 unspecified atom stereocenters. The van der Waals surface area contributed by atoms with Crippen molar-refractivity contribution in [3.63, 3.8) is 0 Å². The average Bonchev–Trinajstić information content (AvgIpc) is 3.03. The molecule has 0 amide bonds. The molecule has 0 saturated heterocycles. The van der Waals surface area contributed by atoms with Crippen molar-refractivity contribution in [2.45, 2.75) is 0 Å². The third kappa shape index (κ3) is 3.17. The van der Waals surface area contributed by atoms with E-state index in [0.29, 0.717) is 0 Å². The summed E-state index contributed by atoms with van der Waals surface area (Å²) in [5.41, 5.74) is 15.0. The third-order valence-electron chi connectivity index (χ3n) is 8.93. The van der Waals surface area contributed by atoms with Gasteiger partial charge in [0.1, 0.15) is 0 Å². The van der Waals surface area contributed by atoms with Crippen LogP contribution in [0.15, 0.2) is 140 Å². The van der Waals surface area contributed by atoms with E-state index in [1.54, 1.807) is 0 Å². The van der Waals surface area contributed by atoms with E-state index in [4.69, 9.17) is 11.6 Å². The number of nitrogens with zero attached hydrogens (tertiary/aromatic N) is 2. The van der Waals surface area contributed by atoms with Crippen LogP contribution in [0.4, 0.5) is 34.1 Å². The Bertz CT molecular complexity index is 1990. The summed E-state index contributed by atoms with van der Waals surface area (Å²) in [6.45, 7) is 0.170. The lowest BCUT2D eigenvalue weighted by molar-refractivity contribution is 1.26. The van der Waals surface area contributed by atoms with Crippen LogP contribution in [-0.4, -0.2) is 13.4 Å². The Balaban J connectivity index is 1.40. The van der Waals surface area contributed by atoms with Crippen LogP contribution >= 0.6 is 11.6 Å². The highest BCUT2D eigenvalue weighted by molar-refractivity contribution is 7.03. The first-order valence-corrected chi connectivity index (χ1v) is 14.5. The molecule has 0 spiro atoms. The maximum absolute atomic E-state index is 7.04. The predicted octanol–water partition coefficient (Wildman–Crippen LogP) is 5.25. The van der Waals surface area contributed by atoms with Gasteiger partial charge in [0.05, 0.1) is 0 Å². The highest BCUT2D eigenvalue weighted by Gasteiger charge is 2.47. The molecule has 0 N–H and O–H groups in total. The van der Waals surface area contributed by atoms with Crippen molar-refractivity contribution in [3.05, 3.63) is 145 Å². The Kier molecular flexibility index (Phi) is 4.88. The lowest BCUT2D eigenvalue weighted by Gasteiger charge is -2.47. The maximum Gasteiger partial charge on any atom is 0.252 e. The van der Waals surface area contributed by atoms with Gasteiger partial charge in [-0.05, 0) is 75.8 Å². The molecule has 0 aromatic heterocycles. The Morgan fingerprint density at radius 1 is 0.439 bits per heavy atom. The largest absolute Gasteiger partial charge is 0.312 e. The van der Waals surface area contributed by atoms with Crippen LogP contribution in [0, 0.1) is 0 Å². The molecule has 0 radical (unpaired) electrons. The van der Waals surface area contributed by atoms with Gasteiger partial charge < -0.3 is 9.80 Å². The molecule has 2 nitrogen and oxygen atoms in total. The van der Waals surface area contributed by atoms with E-state index in [1.807, 2.05) is 0 Å². The van der Waals surface area contributed by atoms with Crippen molar-refractivity contribution < 1.29 is 0 Å². The molecule has 3 aliphatic rings. The molecule has 6 aromatic rings. The SMILES string of the molecule is Clc1cc2c3c(c1)B1c4ccccc4N(c4ccccc4)c4cccc(c41)N3c1ccccc1B2c1ccccc1. The van der Waals surface area contributed by atoms with Crippen LogP contribution in [-0.2, 0) is 0 Å². The van der Waals surface area contributed by atoms with Gasteiger partial charge in [0.25, 0.3) is 6.71 Å². The third-order valence-corrected chi connectivity index (χ3v) is 9.15. The maximum atomic E-state index is 7.04. The average molecular weight is 541 g/mol. The molecule has 9 rings (SSSR count). The fourth-order valence-corrected chi connectivity index (χ4v) is 7.68. The number of hydrogen-bond acceptors (Lipinski definition) is 2. The molecule has 0 bridgehead atoms. The van der Waals surface area contributed by atoms with E-state index < -0.39 is 0 Å². The van der Waals surface area contributed by atoms with E-state index >= 15 is 0 Å². The lowest BCUT2D eigenvalue weighted by atomic mass is 9.30. The summed E-state index contributed by atoms with van der Waals surface area (Å²) in [6, 6.07) is 50.5. The second-order valence-corrected chi connectivity index (χ2v) is 11.5. The normalized spacial score (nSPS) is 13.8. The van der Waals surface area contributed by atoms with Crippen molar-refractivity contribution >= 4 is 91.9 Å². The first kappa shape index (κ1) is 23.1. The molecule has 41 heavy (non-hydrogen) atoms. The zero-order valence-electron chi connectivity index (χ0n) is 22.2. The molecule has 5 heteroatoms. The van der Waals surface area contributed by atoms with Gasteiger partial charge in [0.15, 0.2) is 0 Å². The standard InChI is InChI=1S/C36H23B2ClN2/c39-25-22-29-36-30(23-25)38-28-17-8-9-18-31(28)40(26-14-5-2-6-15-26)33-20-11-21-34(35(33)38)41(36)32-19-10-7-16-27(32)37(29)24-12-3-1-4-13-24/h1-23H. The van der Waals surface area contributed by atoms with Gasteiger partial charge in [-0.3, -0.25) is 0 Å². The summed E-state index contributed by atoms with van der Waals surface area (Å²) in [7, 11) is 0. The zero-order chi connectivity index (χ0) is 27.1. The summed E-state index contributed by atoms with van der Waals surface area (Å²) in [4.78, 5) is 4.92. The fraction of sp³-hybridized carbons (Fsp3) is 0. The van der Waals surface area contributed by atoms with E-state index in [2.05, 4.69) is 149 Å². The van der Waals surface area contributed by atoms with Gasteiger partial charge in [-0.25, -0.2) is 0 Å². The number of hydrogen-bond donors (Lipinski definition) is 0. The first-order valence-electron chi connectivity index (χ1n) is 14.1. The predicted molar refractivity (Wildman–Crippen MR) is 177 cm³/mol. The van der Waals surface area contributed by atoms with Gasteiger partial charge in [-0.1, -0.05) is 108 Å². The van der Waals surface area contributed by atoms with E-state index in [9.17, 15) is 0 Å². The zero-order valence-corrected chi connectivity index (χ0v) is 23.0. The van der Waals surface area contributed by atoms with Crippen LogP contribution in [0.2, 0.25) is 5.02 Å². The monoisotopic (exact) mass is 540 g/mol. The van der Waals surface area contributed by atoms with Gasteiger partial charge in [-0.15, -0.1) is 0 Å². The molecule has 0 aliphatic carbocycles. The van der Waals surface area contributed by atoms with Gasteiger partial charge in [-0.2, -0.15) is 0 Å². The number of rotatable bonds is 2. The highest BCUT2D eigenvalue weighted by Crippen LogP contribution is 2.44. The van der Waals surface area contributed by atoms with Crippen molar-refractivity contribution in [1.82, 2.24) is 0 Å². The van der Waals surface area contributed by atoms with Crippen molar-refractivity contribution in [2.75, 3.05) is 9.80 Å². The summed E-state index contributed by atoms with van der Waals surface area (Å²) in [6.07, 6.45) is 0. The Morgan fingerprint density at radius 3 is 1.66 bits per heavy atom. The van der Waals surface area contributed by atoms with Crippen molar-refractivity contribution in [2.24, 2.45) is 0 Å². The molecule has 6 aromatic carbocycles. The van der Waals surface area contributed by atoms with E-state index in [0.717, 1.165) is 10.7 Å². The molecule has 190 valence electrons. The Hall–Kier alpha value is -4.66. The van der Waals surface area contributed by atoms with Crippen molar-refractivity contribution in [3.8, 4) is 0 Å². The topological polar surface area (TPSA) is 6.48 Å².